The minimum Gasteiger partial charge on any atom is -0.429 e. The van der Waals surface area contributed by atoms with Gasteiger partial charge in [0.05, 0.1) is 0 Å². The summed E-state index contributed by atoms with van der Waals surface area (Å²) in [4.78, 5) is 0. The van der Waals surface area contributed by atoms with Crippen molar-refractivity contribution in [2.75, 3.05) is 5.32 Å². The van der Waals surface area contributed by atoms with Gasteiger partial charge in [-0.05, 0) is 36.5 Å². The fourth-order valence-electron chi connectivity index (χ4n) is 0.950. The van der Waals surface area contributed by atoms with E-state index in [1.165, 1.54) is 24.3 Å². The molecule has 94 valence electrons. The van der Waals surface area contributed by atoms with Gasteiger partial charge in [0.2, 0.25) is 0 Å². The molecule has 3 nitrogen and oxygen atoms in total. The zero-order valence-electron chi connectivity index (χ0n) is 8.29. The zero-order chi connectivity index (χ0) is 13.1. The lowest BCUT2D eigenvalue weighted by Crippen LogP contribution is -2.32. The van der Waals surface area contributed by atoms with Crippen LogP contribution in [0.15, 0.2) is 24.3 Å². The maximum atomic E-state index is 12.8. The summed E-state index contributed by atoms with van der Waals surface area (Å²) >= 11 is 9.21. The van der Waals surface area contributed by atoms with Gasteiger partial charge in [0, 0.05) is 5.69 Å². The first-order valence-corrected chi connectivity index (χ1v) is 5.17. The van der Waals surface area contributed by atoms with Crippen molar-refractivity contribution in [3.63, 3.8) is 0 Å². The van der Waals surface area contributed by atoms with E-state index in [1.54, 1.807) is 0 Å². The Kier molecular flexibility index (Phi) is 4.41. The van der Waals surface area contributed by atoms with Gasteiger partial charge in [-0.15, -0.1) is 0 Å². The van der Waals surface area contributed by atoms with Crippen LogP contribution in [0.5, 0.6) is 5.75 Å². The predicted octanol–water partition coefficient (Wildman–Crippen LogP) is 2.85. The Morgan fingerprint density at radius 3 is 2.35 bits per heavy atom. The van der Waals surface area contributed by atoms with E-state index in [0.717, 1.165) is 0 Å². The molecule has 0 saturated carbocycles. The van der Waals surface area contributed by atoms with E-state index in [9.17, 15) is 13.2 Å². The highest BCUT2D eigenvalue weighted by Gasteiger charge is 2.42. The third kappa shape index (κ3) is 4.27. The Labute approximate surface area is 106 Å². The Morgan fingerprint density at radius 1 is 1.41 bits per heavy atom. The smallest absolute Gasteiger partial charge is 0.429 e. The van der Waals surface area contributed by atoms with Crippen molar-refractivity contribution in [3.05, 3.63) is 24.3 Å². The molecule has 0 saturated heterocycles. The number of hydrogen-bond acceptors (Lipinski definition) is 2. The third-order valence-electron chi connectivity index (χ3n) is 1.63. The second-order valence-electron chi connectivity index (χ2n) is 2.98. The van der Waals surface area contributed by atoms with Crippen molar-refractivity contribution in [1.29, 1.82) is 0 Å². The van der Waals surface area contributed by atoms with E-state index >= 15 is 0 Å². The molecular formula is C9H8ClF3N2OS. The van der Waals surface area contributed by atoms with Gasteiger partial charge in [-0.3, -0.25) is 0 Å². The zero-order valence-corrected chi connectivity index (χ0v) is 9.86. The number of hydrogen-bond donors (Lipinski definition) is 2. The van der Waals surface area contributed by atoms with Gasteiger partial charge in [0.1, 0.15) is 5.75 Å². The Morgan fingerprint density at radius 2 is 1.94 bits per heavy atom. The molecule has 0 amide bonds. The summed E-state index contributed by atoms with van der Waals surface area (Å²) in [6.07, 6.45) is -4.08. The highest BCUT2D eigenvalue weighted by molar-refractivity contribution is 7.80. The molecule has 0 aliphatic rings. The van der Waals surface area contributed by atoms with Gasteiger partial charge < -0.3 is 15.8 Å². The molecule has 0 radical (unpaired) electrons. The van der Waals surface area contributed by atoms with E-state index in [2.05, 4.69) is 33.9 Å². The Hall–Kier alpha value is -1.21. The number of nitrogens with two attached hydrogens (primary N) is 1. The van der Waals surface area contributed by atoms with Gasteiger partial charge in [-0.25, -0.2) is 4.39 Å². The normalized spacial score (nSPS) is 12.9. The van der Waals surface area contributed by atoms with Crippen LogP contribution in [0.2, 0.25) is 0 Å². The quantitative estimate of drug-likeness (QED) is 0.659. The van der Waals surface area contributed by atoms with E-state index in [0.29, 0.717) is 5.69 Å². The molecule has 0 heterocycles. The molecule has 17 heavy (non-hydrogen) atoms. The summed E-state index contributed by atoms with van der Waals surface area (Å²) in [6.45, 7) is 0. The first-order valence-electron chi connectivity index (χ1n) is 4.33. The number of anilines is 1. The fraction of sp³-hybridized carbons (Fsp3) is 0.222. The molecule has 1 unspecified atom stereocenters. The van der Waals surface area contributed by atoms with Crippen molar-refractivity contribution in [3.8, 4) is 5.75 Å². The number of alkyl halides is 4. The minimum atomic E-state index is -4.08. The molecule has 0 fully saturated rings. The van der Waals surface area contributed by atoms with Crippen LogP contribution in [0.3, 0.4) is 0 Å². The number of rotatable bonds is 4. The van der Waals surface area contributed by atoms with E-state index in [1.807, 2.05) is 0 Å². The molecule has 3 N–H and O–H groups in total. The number of benzene rings is 1. The first-order chi connectivity index (χ1) is 7.81. The van der Waals surface area contributed by atoms with Gasteiger partial charge in [0.25, 0.3) is 5.63 Å². The lowest BCUT2D eigenvalue weighted by atomic mass is 10.3. The predicted molar refractivity (Wildman–Crippen MR) is 63.2 cm³/mol. The molecule has 1 aromatic carbocycles. The van der Waals surface area contributed by atoms with Crippen molar-refractivity contribution >= 4 is 34.6 Å². The lowest BCUT2D eigenvalue weighted by Gasteiger charge is -2.17. The van der Waals surface area contributed by atoms with Crippen LogP contribution in [-0.2, 0) is 0 Å². The molecule has 1 rings (SSSR count). The number of nitrogens with one attached hydrogen (secondary N) is 1. The van der Waals surface area contributed by atoms with E-state index in [4.69, 9.17) is 5.73 Å². The van der Waals surface area contributed by atoms with E-state index < -0.39 is 11.7 Å². The summed E-state index contributed by atoms with van der Waals surface area (Å²) in [5.41, 5.74) is 2.78. The highest BCUT2D eigenvalue weighted by atomic mass is 35.5. The minimum absolute atomic E-state index is 0.0357. The standard InChI is InChI=1S/C9H8ClF3N2OS/c10-7(11)9(12,13)16-6-3-1-5(2-4-6)15-8(14)17/h1-4,7H,(H3,14,15,17). The van der Waals surface area contributed by atoms with Gasteiger partial charge in [-0.1, -0.05) is 11.6 Å². The SMILES string of the molecule is NC(=S)Nc1ccc(OC(F)(F)C(F)Cl)cc1. The van der Waals surface area contributed by atoms with Crippen LogP contribution in [-0.4, -0.2) is 16.9 Å². The number of thiocarbonyl (C=S) groups is 1. The van der Waals surface area contributed by atoms with E-state index in [-0.39, 0.29) is 10.9 Å². The maximum absolute atomic E-state index is 12.8. The van der Waals surface area contributed by atoms with Crippen LogP contribution in [0, 0.1) is 0 Å². The van der Waals surface area contributed by atoms with Gasteiger partial charge >= 0.3 is 6.11 Å². The second-order valence-corrected chi connectivity index (χ2v) is 3.80. The molecule has 0 aliphatic heterocycles. The Balaban J connectivity index is 2.72. The lowest BCUT2D eigenvalue weighted by molar-refractivity contribution is -0.199. The van der Waals surface area contributed by atoms with Crippen LogP contribution < -0.4 is 15.8 Å². The average molecular weight is 285 g/mol. The summed E-state index contributed by atoms with van der Waals surface area (Å²) < 4.78 is 41.9. The van der Waals surface area contributed by atoms with Crippen molar-refractivity contribution in [1.82, 2.24) is 0 Å². The third-order valence-corrected chi connectivity index (χ3v) is 1.99. The van der Waals surface area contributed by atoms with Crippen molar-refractivity contribution in [2.24, 2.45) is 5.73 Å². The molecule has 0 aromatic heterocycles. The van der Waals surface area contributed by atoms with Crippen LogP contribution in [0.1, 0.15) is 0 Å². The van der Waals surface area contributed by atoms with Crippen LogP contribution in [0.4, 0.5) is 18.9 Å². The monoisotopic (exact) mass is 284 g/mol. The van der Waals surface area contributed by atoms with Crippen molar-refractivity contribution < 1.29 is 17.9 Å². The van der Waals surface area contributed by atoms with Gasteiger partial charge in [0.15, 0.2) is 5.11 Å². The summed E-state index contributed by atoms with van der Waals surface area (Å²) in [6, 6.07) is 5.19. The highest BCUT2D eigenvalue weighted by Crippen LogP contribution is 2.29. The van der Waals surface area contributed by atoms with Crippen molar-refractivity contribution in [2.45, 2.75) is 11.7 Å². The van der Waals surface area contributed by atoms with Crippen LogP contribution >= 0.6 is 23.8 Å². The second kappa shape index (κ2) is 5.42. The average Bonchev–Trinajstić information content (AvgIpc) is 2.19. The number of halogens is 4. The van der Waals surface area contributed by atoms with Crippen LogP contribution in [0.25, 0.3) is 0 Å². The van der Waals surface area contributed by atoms with Gasteiger partial charge in [-0.2, -0.15) is 8.78 Å². The summed E-state index contributed by atoms with van der Waals surface area (Å²) in [5, 5.41) is 2.62. The number of ether oxygens (including phenoxy) is 1. The Bertz CT molecular complexity index is 400. The summed E-state index contributed by atoms with van der Waals surface area (Å²) in [7, 11) is 0. The summed E-state index contributed by atoms with van der Waals surface area (Å²) in [5.74, 6) is -0.230. The molecule has 0 aliphatic carbocycles. The topological polar surface area (TPSA) is 47.3 Å². The molecule has 8 heteroatoms. The molecule has 1 aromatic rings. The molecule has 0 bridgehead atoms. The molecule has 1 atom stereocenters. The largest absolute Gasteiger partial charge is 0.444 e. The molecule has 0 spiro atoms. The maximum Gasteiger partial charge on any atom is 0.444 e. The molecular weight excluding hydrogens is 277 g/mol. The first kappa shape index (κ1) is 13.9. The fourth-order valence-corrected chi connectivity index (χ4v) is 1.11.